The lowest BCUT2D eigenvalue weighted by atomic mass is 9.71. The van der Waals surface area contributed by atoms with Gasteiger partial charge in [0.1, 0.15) is 0 Å². The first-order chi connectivity index (χ1) is 5.37. The van der Waals surface area contributed by atoms with E-state index in [9.17, 15) is 4.79 Å². The fraction of sp³-hybridized carbons (Fsp3) is 0.889. The number of carbonyl (C=O) groups excluding carboxylic acids is 1. The molecule has 0 aromatic rings. The summed E-state index contributed by atoms with van der Waals surface area (Å²) in [6.45, 7) is 10.3. The number of rotatable bonds is 3. The fourth-order valence-corrected chi connectivity index (χ4v) is 1.80. The number of hydrogen-bond acceptors (Lipinski definition) is 2. The lowest BCUT2D eigenvalue weighted by Gasteiger charge is -2.34. The van der Waals surface area contributed by atoms with E-state index in [1.807, 2.05) is 6.92 Å². The van der Waals surface area contributed by atoms with Gasteiger partial charge in [0.2, 0.25) is 10.5 Å². The molecule has 0 atom stereocenters. The van der Waals surface area contributed by atoms with Crippen molar-refractivity contribution in [2.24, 2.45) is 17.3 Å². The van der Waals surface area contributed by atoms with Crippen LogP contribution in [0, 0.1) is 17.3 Å². The third-order valence-corrected chi connectivity index (χ3v) is 3.39. The predicted octanol–water partition coefficient (Wildman–Crippen LogP) is 1.13. The normalized spacial score (nSPS) is 12.6. The molecule has 0 heterocycles. The Labute approximate surface area is 78.2 Å². The quantitative estimate of drug-likeness (QED) is 0.621. The fourth-order valence-electron chi connectivity index (χ4n) is 1.36. The molecule has 0 amide bonds. The third-order valence-electron chi connectivity index (χ3n) is 3.02. The molecule has 72 valence electrons. The summed E-state index contributed by atoms with van der Waals surface area (Å²) in [7, 11) is 0.496. The highest BCUT2D eigenvalue weighted by molar-refractivity contribution is 6.06. The van der Waals surface area contributed by atoms with E-state index in [0.717, 1.165) is 0 Å². The van der Waals surface area contributed by atoms with Crippen LogP contribution < -0.4 is 0 Å². The first kappa shape index (κ1) is 11.7. The van der Waals surface area contributed by atoms with Gasteiger partial charge in [0, 0.05) is 0 Å². The molecule has 0 aromatic heterocycles. The molecule has 0 saturated carbocycles. The van der Waals surface area contributed by atoms with Gasteiger partial charge in [0.15, 0.2) is 0 Å². The van der Waals surface area contributed by atoms with Gasteiger partial charge in [0.25, 0.3) is 5.97 Å². The van der Waals surface area contributed by atoms with Crippen LogP contribution in [0.4, 0.5) is 0 Å². The van der Waals surface area contributed by atoms with Crippen LogP contribution in [0.5, 0.6) is 0 Å². The number of carbonyl (C=O) groups is 1. The van der Waals surface area contributed by atoms with Crippen molar-refractivity contribution >= 4 is 16.5 Å². The monoisotopic (exact) mass is 188 g/mol. The van der Waals surface area contributed by atoms with E-state index in [0.29, 0.717) is 22.3 Å². The predicted molar refractivity (Wildman–Crippen MR) is 53.8 cm³/mol. The minimum Gasteiger partial charge on any atom is -0.528 e. The molecule has 0 aromatic carbocycles. The summed E-state index contributed by atoms with van der Waals surface area (Å²) in [6, 6.07) is 0. The van der Waals surface area contributed by atoms with E-state index >= 15 is 0 Å². The number of hydrogen-bond donors (Lipinski definition) is 0. The van der Waals surface area contributed by atoms with Crippen LogP contribution in [0.25, 0.3) is 0 Å². The highest BCUT2D eigenvalue weighted by Gasteiger charge is 2.40. The molecule has 0 saturated heterocycles. The van der Waals surface area contributed by atoms with Crippen LogP contribution >= 0.6 is 0 Å². The van der Waals surface area contributed by atoms with Crippen LogP contribution in [0.3, 0.4) is 0 Å². The smallest absolute Gasteiger partial charge is 0.298 e. The van der Waals surface area contributed by atoms with E-state index < -0.39 is 0 Å². The Morgan fingerprint density at radius 3 is 1.67 bits per heavy atom. The zero-order chi connectivity index (χ0) is 9.94. The first-order valence-corrected chi connectivity index (χ1v) is 5.27. The standard InChI is InChI=1S/C9H20O2Si/c1-6(2)9(5,7(3)4)8(10)11-12/h6-7H,1-5,12H3. The molecule has 0 fully saturated rings. The van der Waals surface area contributed by atoms with Crippen LogP contribution in [0.2, 0.25) is 0 Å². The second-order valence-corrected chi connectivity index (χ2v) is 4.49. The molecule has 0 bridgehead atoms. The molecule has 2 nitrogen and oxygen atoms in total. The molecular formula is C9H20O2Si. The van der Waals surface area contributed by atoms with Crippen LogP contribution in [0.1, 0.15) is 34.6 Å². The minimum atomic E-state index is -0.318. The molecule has 0 aliphatic rings. The second kappa shape index (κ2) is 4.08. The Bertz CT molecular complexity index is 156. The molecule has 0 aliphatic heterocycles. The van der Waals surface area contributed by atoms with Crippen molar-refractivity contribution in [1.82, 2.24) is 0 Å². The van der Waals surface area contributed by atoms with Gasteiger partial charge in [0.05, 0.1) is 5.41 Å². The molecule has 0 spiro atoms. The van der Waals surface area contributed by atoms with E-state index in [1.54, 1.807) is 0 Å². The largest absolute Gasteiger partial charge is 0.528 e. The highest BCUT2D eigenvalue weighted by atomic mass is 28.2. The summed E-state index contributed by atoms with van der Waals surface area (Å²) in [5.74, 6) is 0.622. The van der Waals surface area contributed by atoms with E-state index in [-0.39, 0.29) is 11.4 Å². The van der Waals surface area contributed by atoms with Crippen molar-refractivity contribution in [2.75, 3.05) is 0 Å². The average Bonchev–Trinajstić information content (AvgIpc) is 2.00. The van der Waals surface area contributed by atoms with Crippen molar-refractivity contribution in [3.8, 4) is 0 Å². The maximum Gasteiger partial charge on any atom is 0.298 e. The van der Waals surface area contributed by atoms with E-state index in [2.05, 4.69) is 27.7 Å². The Morgan fingerprint density at radius 1 is 1.25 bits per heavy atom. The van der Waals surface area contributed by atoms with Gasteiger partial charge >= 0.3 is 0 Å². The topological polar surface area (TPSA) is 26.3 Å². The van der Waals surface area contributed by atoms with Gasteiger partial charge in [-0.05, 0) is 18.8 Å². The molecule has 3 heteroatoms. The molecule has 0 unspecified atom stereocenters. The Morgan fingerprint density at radius 2 is 1.58 bits per heavy atom. The summed E-state index contributed by atoms with van der Waals surface area (Å²) in [5, 5.41) is 0. The highest BCUT2D eigenvalue weighted by Crippen LogP contribution is 2.36. The zero-order valence-corrected chi connectivity index (χ0v) is 11.0. The molecule has 12 heavy (non-hydrogen) atoms. The molecule has 0 radical (unpaired) electrons. The lowest BCUT2D eigenvalue weighted by molar-refractivity contribution is -0.150. The van der Waals surface area contributed by atoms with Gasteiger partial charge in [-0.15, -0.1) is 0 Å². The molecule has 0 rings (SSSR count). The SMILES string of the molecule is CC(C)C(C)(C(=O)O[SiH3])C(C)C. The van der Waals surface area contributed by atoms with E-state index in [1.165, 1.54) is 0 Å². The van der Waals surface area contributed by atoms with Crippen molar-refractivity contribution in [1.29, 1.82) is 0 Å². The van der Waals surface area contributed by atoms with Gasteiger partial charge < -0.3 is 4.43 Å². The van der Waals surface area contributed by atoms with E-state index in [4.69, 9.17) is 4.43 Å². The minimum absolute atomic E-state index is 0.0424. The zero-order valence-electron chi connectivity index (χ0n) is 8.97. The van der Waals surface area contributed by atoms with Crippen LogP contribution in [-0.2, 0) is 9.22 Å². The van der Waals surface area contributed by atoms with Crippen molar-refractivity contribution < 1.29 is 9.22 Å². The second-order valence-electron chi connectivity index (χ2n) is 4.08. The summed E-state index contributed by atoms with van der Waals surface area (Å²) in [4.78, 5) is 11.5. The van der Waals surface area contributed by atoms with Crippen LogP contribution in [-0.4, -0.2) is 16.5 Å². The Balaban J connectivity index is 4.74. The molecule has 0 N–H and O–H groups in total. The van der Waals surface area contributed by atoms with Crippen molar-refractivity contribution in [3.63, 3.8) is 0 Å². The van der Waals surface area contributed by atoms with Crippen molar-refractivity contribution in [3.05, 3.63) is 0 Å². The summed E-state index contributed by atoms with van der Waals surface area (Å²) in [6.07, 6.45) is 0. The van der Waals surface area contributed by atoms with Crippen molar-refractivity contribution in [2.45, 2.75) is 34.6 Å². The Hall–Kier alpha value is -0.313. The average molecular weight is 188 g/mol. The van der Waals surface area contributed by atoms with Crippen LogP contribution in [0.15, 0.2) is 0 Å². The summed E-state index contributed by atoms with van der Waals surface area (Å²) in [5.41, 5.74) is -0.318. The Kier molecular flexibility index (Phi) is 3.97. The lowest BCUT2D eigenvalue weighted by Crippen LogP contribution is -2.39. The summed E-state index contributed by atoms with van der Waals surface area (Å²) >= 11 is 0. The summed E-state index contributed by atoms with van der Waals surface area (Å²) < 4.78 is 4.94. The third kappa shape index (κ3) is 1.89. The first-order valence-electron chi connectivity index (χ1n) is 4.45. The van der Waals surface area contributed by atoms with Gasteiger partial charge in [-0.3, -0.25) is 4.79 Å². The van der Waals surface area contributed by atoms with Gasteiger partial charge in [-0.25, -0.2) is 0 Å². The molecule has 0 aliphatic carbocycles. The maximum atomic E-state index is 11.5. The maximum absolute atomic E-state index is 11.5. The molecular weight excluding hydrogens is 168 g/mol. The van der Waals surface area contributed by atoms with Gasteiger partial charge in [-0.2, -0.15) is 0 Å². The van der Waals surface area contributed by atoms with Gasteiger partial charge in [-0.1, -0.05) is 27.7 Å².